The predicted molar refractivity (Wildman–Crippen MR) is 98.7 cm³/mol. The molecule has 2 rings (SSSR count). The Morgan fingerprint density at radius 2 is 1.58 bits per heavy atom. The molecule has 0 spiro atoms. The van der Waals surface area contributed by atoms with Crippen LogP contribution in [0.1, 0.15) is 13.8 Å². The van der Waals surface area contributed by atoms with Crippen LogP contribution < -0.4 is 14.8 Å². The highest BCUT2D eigenvalue weighted by molar-refractivity contribution is 6.30. The molecule has 1 N–H and O–H groups in total. The molecule has 0 heterocycles. The SMILES string of the molecule is CCOc1ccc(NC(=O)[C@H](C)OC(=O)COc2ccc(Cl)cc2)cc1. The molecule has 0 aliphatic carbocycles. The number of nitrogens with one attached hydrogen (secondary N) is 1. The van der Waals surface area contributed by atoms with Crippen LogP contribution in [0.4, 0.5) is 5.69 Å². The molecule has 0 unspecified atom stereocenters. The lowest BCUT2D eigenvalue weighted by Gasteiger charge is -2.14. The highest BCUT2D eigenvalue weighted by atomic mass is 35.5. The summed E-state index contributed by atoms with van der Waals surface area (Å²) in [6.07, 6.45) is -0.956. The topological polar surface area (TPSA) is 73.9 Å². The molecule has 0 saturated heterocycles. The summed E-state index contributed by atoms with van der Waals surface area (Å²) < 4.78 is 15.7. The van der Waals surface area contributed by atoms with E-state index in [-0.39, 0.29) is 6.61 Å². The van der Waals surface area contributed by atoms with E-state index in [1.807, 2.05) is 6.92 Å². The average molecular weight is 378 g/mol. The van der Waals surface area contributed by atoms with Crippen LogP contribution in [0.2, 0.25) is 5.02 Å². The molecule has 1 atom stereocenters. The monoisotopic (exact) mass is 377 g/mol. The molecule has 0 aliphatic rings. The summed E-state index contributed by atoms with van der Waals surface area (Å²) in [4.78, 5) is 23.9. The molecule has 0 bridgehead atoms. The van der Waals surface area contributed by atoms with E-state index >= 15 is 0 Å². The van der Waals surface area contributed by atoms with Gasteiger partial charge in [-0.2, -0.15) is 0 Å². The number of amides is 1. The second-order valence-electron chi connectivity index (χ2n) is 5.32. The molecule has 0 aromatic heterocycles. The maximum atomic E-state index is 12.1. The van der Waals surface area contributed by atoms with Crippen molar-refractivity contribution < 1.29 is 23.8 Å². The lowest BCUT2D eigenvalue weighted by atomic mass is 10.3. The van der Waals surface area contributed by atoms with E-state index < -0.39 is 18.0 Å². The normalized spacial score (nSPS) is 11.3. The Bertz CT molecular complexity index is 731. The summed E-state index contributed by atoms with van der Waals surface area (Å²) in [6, 6.07) is 13.5. The Morgan fingerprint density at radius 3 is 2.19 bits per heavy atom. The minimum absolute atomic E-state index is 0.303. The third-order valence-corrected chi connectivity index (χ3v) is 3.53. The Balaban J connectivity index is 1.78. The lowest BCUT2D eigenvalue weighted by molar-refractivity contribution is -0.155. The van der Waals surface area contributed by atoms with Crippen molar-refractivity contribution in [1.82, 2.24) is 0 Å². The van der Waals surface area contributed by atoms with Gasteiger partial charge < -0.3 is 19.5 Å². The van der Waals surface area contributed by atoms with Crippen molar-refractivity contribution in [2.24, 2.45) is 0 Å². The maximum absolute atomic E-state index is 12.1. The molecule has 7 heteroatoms. The number of carbonyl (C=O) groups is 2. The maximum Gasteiger partial charge on any atom is 0.344 e. The van der Waals surface area contributed by atoms with E-state index in [0.717, 1.165) is 0 Å². The van der Waals surface area contributed by atoms with E-state index in [4.69, 9.17) is 25.8 Å². The molecule has 1 amide bonds. The largest absolute Gasteiger partial charge is 0.494 e. The zero-order valence-corrected chi connectivity index (χ0v) is 15.3. The van der Waals surface area contributed by atoms with Gasteiger partial charge in [-0.25, -0.2) is 4.79 Å². The van der Waals surface area contributed by atoms with E-state index in [0.29, 0.717) is 28.8 Å². The van der Waals surface area contributed by atoms with Crippen LogP contribution in [-0.2, 0) is 14.3 Å². The minimum atomic E-state index is -0.956. The van der Waals surface area contributed by atoms with E-state index in [9.17, 15) is 9.59 Å². The fraction of sp³-hybridized carbons (Fsp3) is 0.263. The van der Waals surface area contributed by atoms with Gasteiger partial charge >= 0.3 is 5.97 Å². The summed E-state index contributed by atoms with van der Waals surface area (Å²) in [5.41, 5.74) is 0.582. The molecule has 6 nitrogen and oxygen atoms in total. The molecule has 0 fully saturated rings. The Kier molecular flexibility index (Phi) is 7.29. The van der Waals surface area contributed by atoms with Gasteiger partial charge in [0.15, 0.2) is 12.7 Å². The summed E-state index contributed by atoms with van der Waals surface area (Å²) in [7, 11) is 0. The molecule has 0 aliphatic heterocycles. The van der Waals surface area contributed by atoms with E-state index in [1.54, 1.807) is 48.5 Å². The zero-order valence-electron chi connectivity index (χ0n) is 14.5. The number of benzene rings is 2. The standard InChI is InChI=1S/C19H20ClNO5/c1-3-24-16-10-6-15(7-11-16)21-19(23)13(2)26-18(22)12-25-17-8-4-14(20)5-9-17/h4-11,13H,3,12H2,1-2H3,(H,21,23)/t13-/m0/s1. The Labute approximate surface area is 157 Å². The van der Waals surface area contributed by atoms with Gasteiger partial charge in [-0.1, -0.05) is 11.6 Å². The fourth-order valence-corrected chi connectivity index (χ4v) is 2.13. The third-order valence-electron chi connectivity index (χ3n) is 3.28. The first-order valence-corrected chi connectivity index (χ1v) is 8.47. The van der Waals surface area contributed by atoms with Gasteiger partial charge in [0, 0.05) is 10.7 Å². The number of hydrogen-bond acceptors (Lipinski definition) is 5. The van der Waals surface area contributed by atoms with Gasteiger partial charge in [0.1, 0.15) is 11.5 Å². The van der Waals surface area contributed by atoms with Crippen LogP contribution in [0.5, 0.6) is 11.5 Å². The molecule has 2 aromatic rings. The van der Waals surface area contributed by atoms with Crippen LogP contribution in [-0.4, -0.2) is 31.2 Å². The molecular weight excluding hydrogens is 358 g/mol. The third kappa shape index (κ3) is 6.29. The smallest absolute Gasteiger partial charge is 0.344 e. The van der Waals surface area contributed by atoms with Crippen molar-refractivity contribution >= 4 is 29.2 Å². The second-order valence-corrected chi connectivity index (χ2v) is 5.76. The molecule has 138 valence electrons. The first-order chi connectivity index (χ1) is 12.5. The van der Waals surface area contributed by atoms with Gasteiger partial charge in [-0.05, 0) is 62.4 Å². The van der Waals surface area contributed by atoms with Crippen molar-refractivity contribution in [3.05, 3.63) is 53.6 Å². The number of esters is 1. The van der Waals surface area contributed by atoms with Crippen LogP contribution in [0.3, 0.4) is 0 Å². The minimum Gasteiger partial charge on any atom is -0.494 e. The van der Waals surface area contributed by atoms with E-state index in [1.165, 1.54) is 6.92 Å². The summed E-state index contributed by atoms with van der Waals surface area (Å²) in [5, 5.41) is 3.24. The summed E-state index contributed by atoms with van der Waals surface area (Å²) in [5.74, 6) is 0.116. The van der Waals surface area contributed by atoms with Gasteiger partial charge in [0.25, 0.3) is 5.91 Å². The van der Waals surface area contributed by atoms with Crippen molar-refractivity contribution in [2.75, 3.05) is 18.5 Å². The Morgan fingerprint density at radius 1 is 1.00 bits per heavy atom. The van der Waals surface area contributed by atoms with Crippen molar-refractivity contribution in [2.45, 2.75) is 20.0 Å². The molecule has 2 aromatic carbocycles. The predicted octanol–water partition coefficient (Wildman–Crippen LogP) is 3.69. The van der Waals surface area contributed by atoms with Gasteiger partial charge in [0.2, 0.25) is 0 Å². The number of hydrogen-bond donors (Lipinski definition) is 1. The number of anilines is 1. The highest BCUT2D eigenvalue weighted by Crippen LogP contribution is 2.17. The Hall–Kier alpha value is -2.73. The number of ether oxygens (including phenoxy) is 3. The average Bonchev–Trinajstić information content (AvgIpc) is 2.63. The number of carbonyl (C=O) groups excluding carboxylic acids is 2. The van der Waals surface area contributed by atoms with Crippen LogP contribution in [0, 0.1) is 0 Å². The summed E-state index contributed by atoms with van der Waals surface area (Å²) in [6.45, 7) is 3.64. The number of rotatable bonds is 8. The molecule has 0 saturated carbocycles. The van der Waals surface area contributed by atoms with Crippen molar-refractivity contribution in [3.63, 3.8) is 0 Å². The quantitative estimate of drug-likeness (QED) is 0.710. The molecular formula is C19H20ClNO5. The highest BCUT2D eigenvalue weighted by Gasteiger charge is 2.18. The number of halogens is 1. The first kappa shape index (κ1) is 19.6. The van der Waals surface area contributed by atoms with Gasteiger partial charge in [-0.15, -0.1) is 0 Å². The summed E-state index contributed by atoms with van der Waals surface area (Å²) >= 11 is 5.77. The molecule has 26 heavy (non-hydrogen) atoms. The van der Waals surface area contributed by atoms with Crippen LogP contribution in [0.25, 0.3) is 0 Å². The zero-order chi connectivity index (χ0) is 18.9. The first-order valence-electron chi connectivity index (χ1n) is 8.09. The molecule has 0 radical (unpaired) electrons. The van der Waals surface area contributed by atoms with E-state index in [2.05, 4.69) is 5.32 Å². The second kappa shape index (κ2) is 9.68. The van der Waals surface area contributed by atoms with Crippen molar-refractivity contribution in [1.29, 1.82) is 0 Å². The van der Waals surface area contributed by atoms with Crippen LogP contribution in [0.15, 0.2) is 48.5 Å². The van der Waals surface area contributed by atoms with Gasteiger partial charge in [-0.3, -0.25) is 4.79 Å². The lowest BCUT2D eigenvalue weighted by Crippen LogP contribution is -2.31. The fourth-order valence-electron chi connectivity index (χ4n) is 2.00. The van der Waals surface area contributed by atoms with Crippen LogP contribution >= 0.6 is 11.6 Å². The van der Waals surface area contributed by atoms with Crippen molar-refractivity contribution in [3.8, 4) is 11.5 Å². The van der Waals surface area contributed by atoms with Gasteiger partial charge in [0.05, 0.1) is 6.61 Å².